The van der Waals surface area contributed by atoms with Crippen LogP contribution in [0.1, 0.15) is 19.4 Å². The van der Waals surface area contributed by atoms with Crippen molar-refractivity contribution in [3.05, 3.63) is 29.8 Å². The summed E-state index contributed by atoms with van der Waals surface area (Å²) < 4.78 is 0. The maximum atomic E-state index is 12.1. The molecule has 0 unspecified atom stereocenters. The van der Waals surface area contributed by atoms with E-state index in [2.05, 4.69) is 10.6 Å². The number of amides is 4. The van der Waals surface area contributed by atoms with Gasteiger partial charge in [0.1, 0.15) is 12.6 Å². The third-order valence-corrected chi connectivity index (χ3v) is 3.32. The molecular weight excluding hydrogens is 284 g/mol. The van der Waals surface area contributed by atoms with Crippen LogP contribution in [-0.4, -0.2) is 35.3 Å². The maximum absolute atomic E-state index is 12.1. The molecule has 2 rings (SSSR count). The lowest BCUT2D eigenvalue weighted by atomic mass is 10.1. The quantitative estimate of drug-likeness (QED) is 0.812. The SMILES string of the molecule is CC(C)[C@@H]1NC(=O)N(CC(=O)Nc2ccc(C#N)cc2)C1=O. The van der Waals surface area contributed by atoms with E-state index in [1.165, 1.54) is 0 Å². The highest BCUT2D eigenvalue weighted by molar-refractivity contribution is 6.08. The summed E-state index contributed by atoms with van der Waals surface area (Å²) in [7, 11) is 0. The molecule has 0 radical (unpaired) electrons. The lowest BCUT2D eigenvalue weighted by Gasteiger charge is -2.14. The molecule has 114 valence electrons. The van der Waals surface area contributed by atoms with E-state index < -0.39 is 23.9 Å². The highest BCUT2D eigenvalue weighted by Gasteiger charge is 2.40. The van der Waals surface area contributed by atoms with Gasteiger partial charge in [0.05, 0.1) is 11.6 Å². The number of hydrogen-bond donors (Lipinski definition) is 2. The van der Waals surface area contributed by atoms with E-state index in [4.69, 9.17) is 5.26 Å². The third kappa shape index (κ3) is 3.23. The highest BCUT2D eigenvalue weighted by Crippen LogP contribution is 2.14. The fraction of sp³-hybridized carbons (Fsp3) is 0.333. The minimum Gasteiger partial charge on any atom is -0.326 e. The number of nitriles is 1. The average molecular weight is 300 g/mol. The summed E-state index contributed by atoms with van der Waals surface area (Å²) >= 11 is 0. The molecule has 0 spiro atoms. The molecule has 1 atom stereocenters. The molecule has 1 aromatic carbocycles. The van der Waals surface area contributed by atoms with Gasteiger partial charge >= 0.3 is 6.03 Å². The van der Waals surface area contributed by atoms with E-state index in [0.717, 1.165) is 4.90 Å². The zero-order valence-corrected chi connectivity index (χ0v) is 12.3. The van der Waals surface area contributed by atoms with E-state index in [-0.39, 0.29) is 12.5 Å². The van der Waals surface area contributed by atoms with Crippen molar-refractivity contribution in [3.63, 3.8) is 0 Å². The van der Waals surface area contributed by atoms with Gasteiger partial charge in [0.15, 0.2) is 0 Å². The number of anilines is 1. The molecular formula is C15H16N4O3. The van der Waals surface area contributed by atoms with Crippen molar-refractivity contribution in [2.75, 3.05) is 11.9 Å². The molecule has 1 saturated heterocycles. The highest BCUT2D eigenvalue weighted by atomic mass is 16.2. The first-order valence-corrected chi connectivity index (χ1v) is 6.84. The maximum Gasteiger partial charge on any atom is 0.325 e. The van der Waals surface area contributed by atoms with E-state index >= 15 is 0 Å². The summed E-state index contributed by atoms with van der Waals surface area (Å²) in [6.45, 7) is 3.31. The van der Waals surface area contributed by atoms with Crippen molar-refractivity contribution in [2.24, 2.45) is 5.92 Å². The molecule has 7 nitrogen and oxygen atoms in total. The molecule has 0 aromatic heterocycles. The van der Waals surface area contributed by atoms with E-state index in [1.54, 1.807) is 24.3 Å². The van der Waals surface area contributed by atoms with Gasteiger partial charge in [-0.05, 0) is 30.2 Å². The van der Waals surface area contributed by atoms with Gasteiger partial charge < -0.3 is 10.6 Å². The molecule has 1 aliphatic rings. The zero-order chi connectivity index (χ0) is 16.3. The fourth-order valence-corrected chi connectivity index (χ4v) is 2.11. The number of urea groups is 1. The summed E-state index contributed by atoms with van der Waals surface area (Å²) in [5.74, 6) is -0.907. The molecule has 2 N–H and O–H groups in total. The van der Waals surface area contributed by atoms with E-state index in [0.29, 0.717) is 11.3 Å². The first kappa shape index (κ1) is 15.5. The van der Waals surface area contributed by atoms with Crippen LogP contribution < -0.4 is 10.6 Å². The van der Waals surface area contributed by atoms with Crippen molar-refractivity contribution in [1.29, 1.82) is 5.26 Å². The monoisotopic (exact) mass is 300 g/mol. The lowest BCUT2D eigenvalue weighted by Crippen LogP contribution is -2.39. The van der Waals surface area contributed by atoms with Crippen LogP contribution in [0.3, 0.4) is 0 Å². The lowest BCUT2D eigenvalue weighted by molar-refractivity contribution is -0.131. The summed E-state index contributed by atoms with van der Waals surface area (Å²) in [6, 6.07) is 7.13. The number of imide groups is 1. The minimum atomic E-state index is -0.588. The molecule has 0 saturated carbocycles. The van der Waals surface area contributed by atoms with Crippen LogP contribution in [0.15, 0.2) is 24.3 Å². The van der Waals surface area contributed by atoms with Gasteiger partial charge in [-0.3, -0.25) is 14.5 Å². The van der Waals surface area contributed by atoms with Crippen LogP contribution in [0, 0.1) is 17.2 Å². The summed E-state index contributed by atoms with van der Waals surface area (Å²) in [5.41, 5.74) is 0.975. The Morgan fingerprint density at radius 2 is 2.00 bits per heavy atom. The van der Waals surface area contributed by atoms with Crippen LogP contribution in [0.2, 0.25) is 0 Å². The largest absolute Gasteiger partial charge is 0.326 e. The van der Waals surface area contributed by atoms with Gasteiger partial charge in [0.25, 0.3) is 5.91 Å². The van der Waals surface area contributed by atoms with Crippen molar-refractivity contribution in [3.8, 4) is 6.07 Å². The van der Waals surface area contributed by atoms with Gasteiger partial charge in [-0.2, -0.15) is 5.26 Å². The molecule has 0 bridgehead atoms. The molecule has 4 amide bonds. The van der Waals surface area contributed by atoms with Crippen LogP contribution in [0.4, 0.5) is 10.5 Å². The second-order valence-electron chi connectivity index (χ2n) is 5.33. The van der Waals surface area contributed by atoms with Crippen LogP contribution in [-0.2, 0) is 9.59 Å². The molecule has 1 aliphatic heterocycles. The Morgan fingerprint density at radius 3 is 2.50 bits per heavy atom. The van der Waals surface area contributed by atoms with Crippen LogP contribution in [0.5, 0.6) is 0 Å². The Balaban J connectivity index is 1.98. The first-order chi connectivity index (χ1) is 10.4. The van der Waals surface area contributed by atoms with Gasteiger partial charge in [0.2, 0.25) is 5.91 Å². The van der Waals surface area contributed by atoms with E-state index in [9.17, 15) is 14.4 Å². The van der Waals surface area contributed by atoms with Gasteiger partial charge in [0, 0.05) is 5.69 Å². The van der Waals surface area contributed by atoms with E-state index in [1.807, 2.05) is 19.9 Å². The molecule has 1 fully saturated rings. The Hall–Kier alpha value is -2.88. The van der Waals surface area contributed by atoms with Gasteiger partial charge in [-0.1, -0.05) is 13.8 Å². The number of carbonyl (C=O) groups is 3. The fourth-order valence-electron chi connectivity index (χ4n) is 2.11. The van der Waals surface area contributed by atoms with Crippen molar-refractivity contribution < 1.29 is 14.4 Å². The van der Waals surface area contributed by atoms with Crippen molar-refractivity contribution >= 4 is 23.5 Å². The van der Waals surface area contributed by atoms with Crippen LogP contribution in [0.25, 0.3) is 0 Å². The molecule has 7 heteroatoms. The number of nitrogens with one attached hydrogen (secondary N) is 2. The van der Waals surface area contributed by atoms with Crippen molar-refractivity contribution in [2.45, 2.75) is 19.9 Å². The number of benzene rings is 1. The summed E-state index contributed by atoms with van der Waals surface area (Å²) in [5, 5.41) is 13.8. The number of rotatable bonds is 4. The Morgan fingerprint density at radius 1 is 1.36 bits per heavy atom. The summed E-state index contributed by atoms with van der Waals surface area (Å²) in [6.07, 6.45) is 0. The summed E-state index contributed by atoms with van der Waals surface area (Å²) in [4.78, 5) is 36.7. The second kappa shape index (κ2) is 6.26. The standard InChI is InChI=1S/C15H16N4O3/c1-9(2)13-14(21)19(15(22)18-13)8-12(20)17-11-5-3-10(7-16)4-6-11/h3-6,9,13H,8H2,1-2H3,(H,17,20)(H,18,22)/t13-/m0/s1. The number of nitrogens with zero attached hydrogens (tertiary/aromatic N) is 2. The first-order valence-electron chi connectivity index (χ1n) is 6.84. The molecule has 0 aliphatic carbocycles. The Kier molecular flexibility index (Phi) is 4.41. The topological polar surface area (TPSA) is 102 Å². The minimum absolute atomic E-state index is 0.0389. The normalized spacial score (nSPS) is 17.4. The predicted molar refractivity (Wildman–Crippen MR) is 78.7 cm³/mol. The Bertz CT molecular complexity index is 646. The van der Waals surface area contributed by atoms with Gasteiger partial charge in [-0.15, -0.1) is 0 Å². The van der Waals surface area contributed by atoms with Crippen LogP contribution >= 0.6 is 0 Å². The molecule has 22 heavy (non-hydrogen) atoms. The second-order valence-corrected chi connectivity index (χ2v) is 5.33. The smallest absolute Gasteiger partial charge is 0.325 e. The van der Waals surface area contributed by atoms with Gasteiger partial charge in [-0.25, -0.2) is 4.79 Å². The Labute approximate surface area is 127 Å². The predicted octanol–water partition coefficient (Wildman–Crippen LogP) is 1.07. The number of carbonyl (C=O) groups excluding carboxylic acids is 3. The zero-order valence-electron chi connectivity index (χ0n) is 12.3. The average Bonchev–Trinajstić information content (AvgIpc) is 2.76. The molecule has 1 heterocycles. The van der Waals surface area contributed by atoms with Crippen molar-refractivity contribution in [1.82, 2.24) is 10.2 Å². The molecule has 1 aromatic rings. The number of hydrogen-bond acceptors (Lipinski definition) is 4. The third-order valence-electron chi connectivity index (χ3n) is 3.32.